The molecule has 3 heterocycles. The molecule has 0 N–H and O–H groups in total. The largest absolute Gasteiger partial charge is 0.329 e. The van der Waals surface area contributed by atoms with Crippen LogP contribution in [0.1, 0.15) is 25.3 Å². The van der Waals surface area contributed by atoms with Gasteiger partial charge in [0.05, 0.1) is 5.69 Å². The number of carbonyl (C=O) groups excluding carboxylic acids is 2. The molecule has 2 fully saturated rings. The molecule has 1 aromatic heterocycles. The van der Waals surface area contributed by atoms with Crippen molar-refractivity contribution in [3.63, 3.8) is 0 Å². The maximum Gasteiger partial charge on any atom is 0.246 e. The van der Waals surface area contributed by atoms with Crippen molar-refractivity contribution in [1.29, 1.82) is 0 Å². The lowest BCUT2D eigenvalue weighted by Gasteiger charge is -2.41. The predicted octanol–water partition coefficient (Wildman–Crippen LogP) is 1.59. The van der Waals surface area contributed by atoms with Gasteiger partial charge in [0.1, 0.15) is 12.1 Å². The molecular weight excluding hydrogens is 304 g/mol. The molecule has 2 saturated heterocycles. The SMILES string of the molecule is C[C@H]1C(=O)N2CCC[C@@H]2C(=O)N1Cc1ccccc1-n1cccn1. The van der Waals surface area contributed by atoms with Crippen LogP contribution in [-0.4, -0.2) is 50.0 Å². The highest BCUT2D eigenvalue weighted by molar-refractivity contribution is 5.97. The number of benzene rings is 1. The van der Waals surface area contributed by atoms with E-state index in [0.29, 0.717) is 13.1 Å². The number of nitrogens with zero attached hydrogens (tertiary/aromatic N) is 4. The molecule has 4 rings (SSSR count). The number of hydrogen-bond donors (Lipinski definition) is 0. The summed E-state index contributed by atoms with van der Waals surface area (Å²) in [6.45, 7) is 2.95. The van der Waals surface area contributed by atoms with E-state index in [0.717, 1.165) is 24.1 Å². The maximum absolute atomic E-state index is 12.9. The number of rotatable bonds is 3. The second-order valence-corrected chi connectivity index (χ2v) is 6.41. The van der Waals surface area contributed by atoms with E-state index >= 15 is 0 Å². The van der Waals surface area contributed by atoms with E-state index in [1.165, 1.54) is 0 Å². The molecule has 24 heavy (non-hydrogen) atoms. The summed E-state index contributed by atoms with van der Waals surface area (Å²) in [5.41, 5.74) is 1.92. The van der Waals surface area contributed by atoms with E-state index < -0.39 is 6.04 Å². The first kappa shape index (κ1) is 14.9. The first-order chi connectivity index (χ1) is 11.7. The molecule has 2 aliphatic heterocycles. The predicted molar refractivity (Wildman–Crippen MR) is 88.3 cm³/mol. The highest BCUT2D eigenvalue weighted by Gasteiger charge is 2.45. The van der Waals surface area contributed by atoms with Crippen LogP contribution in [0.5, 0.6) is 0 Å². The normalized spacial score (nSPS) is 23.7. The minimum absolute atomic E-state index is 0.0636. The fourth-order valence-electron chi connectivity index (χ4n) is 3.72. The zero-order valence-electron chi connectivity index (χ0n) is 13.6. The number of hydrogen-bond acceptors (Lipinski definition) is 3. The Hall–Kier alpha value is -2.63. The Labute approximate surface area is 140 Å². The standard InChI is InChI=1S/C18H20N4O2/c1-13-17(23)20-10-4-8-16(20)18(24)21(13)12-14-6-2-3-7-15(14)22-11-5-9-19-22/h2-3,5-7,9,11,13,16H,4,8,10,12H2,1H3/t13-,16+/m0/s1. The minimum atomic E-state index is -0.419. The van der Waals surface area contributed by atoms with Gasteiger partial charge in [-0.3, -0.25) is 9.59 Å². The lowest BCUT2D eigenvalue weighted by Crippen LogP contribution is -2.61. The van der Waals surface area contributed by atoms with Crippen LogP contribution in [0.25, 0.3) is 5.69 Å². The van der Waals surface area contributed by atoms with Gasteiger partial charge in [-0.2, -0.15) is 5.10 Å². The van der Waals surface area contributed by atoms with Crippen LogP contribution in [0.4, 0.5) is 0 Å². The summed E-state index contributed by atoms with van der Waals surface area (Å²) in [5.74, 6) is 0.128. The van der Waals surface area contributed by atoms with E-state index in [-0.39, 0.29) is 17.9 Å². The van der Waals surface area contributed by atoms with Gasteiger partial charge in [0, 0.05) is 25.5 Å². The summed E-state index contributed by atoms with van der Waals surface area (Å²) >= 11 is 0. The molecule has 0 saturated carbocycles. The van der Waals surface area contributed by atoms with Gasteiger partial charge in [0.25, 0.3) is 0 Å². The van der Waals surface area contributed by atoms with Gasteiger partial charge in [-0.15, -0.1) is 0 Å². The molecule has 6 nitrogen and oxygen atoms in total. The van der Waals surface area contributed by atoms with Crippen molar-refractivity contribution in [3.8, 4) is 5.69 Å². The van der Waals surface area contributed by atoms with Crippen molar-refractivity contribution in [2.75, 3.05) is 6.54 Å². The summed E-state index contributed by atoms with van der Waals surface area (Å²) in [6, 6.07) is 9.04. The van der Waals surface area contributed by atoms with E-state index in [1.54, 1.807) is 20.7 Å². The molecule has 0 aliphatic carbocycles. The summed E-state index contributed by atoms with van der Waals surface area (Å²) in [4.78, 5) is 28.9. The Morgan fingerprint density at radius 2 is 2.00 bits per heavy atom. The Morgan fingerprint density at radius 3 is 2.79 bits per heavy atom. The van der Waals surface area contributed by atoms with Gasteiger partial charge < -0.3 is 9.80 Å². The number of fused-ring (bicyclic) bond motifs is 1. The van der Waals surface area contributed by atoms with Crippen molar-refractivity contribution in [2.24, 2.45) is 0 Å². The van der Waals surface area contributed by atoms with Crippen molar-refractivity contribution in [1.82, 2.24) is 19.6 Å². The van der Waals surface area contributed by atoms with Gasteiger partial charge in [-0.25, -0.2) is 4.68 Å². The molecule has 2 amide bonds. The molecule has 0 unspecified atom stereocenters. The number of carbonyl (C=O) groups is 2. The van der Waals surface area contributed by atoms with Gasteiger partial charge in [-0.05, 0) is 37.5 Å². The molecule has 2 aromatic rings. The van der Waals surface area contributed by atoms with Crippen LogP contribution in [0.3, 0.4) is 0 Å². The van der Waals surface area contributed by atoms with Crippen LogP contribution in [-0.2, 0) is 16.1 Å². The maximum atomic E-state index is 12.9. The van der Waals surface area contributed by atoms with Crippen LogP contribution in [0.2, 0.25) is 0 Å². The lowest BCUT2D eigenvalue weighted by atomic mass is 10.0. The Balaban J connectivity index is 1.66. The molecule has 6 heteroatoms. The molecule has 0 bridgehead atoms. The molecule has 1 aromatic carbocycles. The van der Waals surface area contributed by atoms with Gasteiger partial charge in [0.15, 0.2) is 0 Å². The highest BCUT2D eigenvalue weighted by Crippen LogP contribution is 2.28. The highest BCUT2D eigenvalue weighted by atomic mass is 16.2. The quantitative estimate of drug-likeness (QED) is 0.861. The molecule has 2 aliphatic rings. The first-order valence-electron chi connectivity index (χ1n) is 8.35. The second-order valence-electron chi connectivity index (χ2n) is 6.41. The fourth-order valence-corrected chi connectivity index (χ4v) is 3.72. The van der Waals surface area contributed by atoms with Crippen LogP contribution >= 0.6 is 0 Å². The molecule has 124 valence electrons. The average Bonchev–Trinajstić information content (AvgIpc) is 3.28. The van der Waals surface area contributed by atoms with Gasteiger partial charge in [0.2, 0.25) is 11.8 Å². The van der Waals surface area contributed by atoms with Crippen LogP contribution < -0.4 is 0 Å². The summed E-state index contributed by atoms with van der Waals surface area (Å²) < 4.78 is 1.79. The first-order valence-corrected chi connectivity index (χ1v) is 8.35. The number of amides is 2. The van der Waals surface area contributed by atoms with Gasteiger partial charge in [-0.1, -0.05) is 18.2 Å². The molecule has 0 radical (unpaired) electrons. The van der Waals surface area contributed by atoms with Crippen LogP contribution in [0.15, 0.2) is 42.7 Å². The van der Waals surface area contributed by atoms with Crippen molar-refractivity contribution in [3.05, 3.63) is 48.3 Å². The van der Waals surface area contributed by atoms with Crippen molar-refractivity contribution in [2.45, 2.75) is 38.4 Å². The average molecular weight is 324 g/mol. The van der Waals surface area contributed by atoms with Gasteiger partial charge >= 0.3 is 0 Å². The lowest BCUT2D eigenvalue weighted by molar-refractivity contribution is -0.159. The zero-order chi connectivity index (χ0) is 16.7. The third-order valence-corrected chi connectivity index (χ3v) is 5.01. The summed E-state index contributed by atoms with van der Waals surface area (Å²) in [5, 5.41) is 4.28. The molecule has 0 spiro atoms. The topological polar surface area (TPSA) is 58.4 Å². The third-order valence-electron chi connectivity index (χ3n) is 5.01. The minimum Gasteiger partial charge on any atom is -0.329 e. The zero-order valence-corrected chi connectivity index (χ0v) is 13.6. The second kappa shape index (κ2) is 5.78. The summed E-state index contributed by atoms with van der Waals surface area (Å²) in [7, 11) is 0. The number of para-hydroxylation sites is 1. The van der Waals surface area contributed by atoms with E-state index in [2.05, 4.69) is 5.10 Å². The van der Waals surface area contributed by atoms with E-state index in [1.807, 2.05) is 43.5 Å². The fraction of sp³-hybridized carbons (Fsp3) is 0.389. The number of piperazine rings is 1. The molecule has 2 atom stereocenters. The molecular formula is C18H20N4O2. The van der Waals surface area contributed by atoms with E-state index in [9.17, 15) is 9.59 Å². The van der Waals surface area contributed by atoms with Crippen LogP contribution in [0, 0.1) is 0 Å². The number of aromatic nitrogens is 2. The van der Waals surface area contributed by atoms with Crippen molar-refractivity contribution >= 4 is 11.8 Å². The monoisotopic (exact) mass is 324 g/mol. The van der Waals surface area contributed by atoms with E-state index in [4.69, 9.17) is 0 Å². The summed E-state index contributed by atoms with van der Waals surface area (Å²) in [6.07, 6.45) is 5.29. The Morgan fingerprint density at radius 1 is 1.17 bits per heavy atom. The Bertz CT molecular complexity index is 771. The van der Waals surface area contributed by atoms with Crippen molar-refractivity contribution < 1.29 is 9.59 Å². The third kappa shape index (κ3) is 2.29. The Kier molecular flexibility index (Phi) is 3.59. The smallest absolute Gasteiger partial charge is 0.246 e.